The number of rotatable bonds is 10. The van der Waals surface area contributed by atoms with Gasteiger partial charge in [-0.15, -0.1) is 0 Å². The number of nitrogens with zero attached hydrogens (tertiary/aromatic N) is 4. The number of benzene rings is 18. The van der Waals surface area contributed by atoms with E-state index in [0.29, 0.717) is 0 Å². The second-order valence-electron chi connectivity index (χ2n) is 28.4. The predicted octanol–water partition coefficient (Wildman–Crippen LogP) is 28.1. The van der Waals surface area contributed by atoms with Crippen LogP contribution in [0, 0.1) is 0 Å². The molecule has 22 aromatic rings. The number of aromatic nitrogens is 4. The van der Waals surface area contributed by atoms with Crippen molar-refractivity contribution in [3.05, 3.63) is 413 Å². The van der Waals surface area contributed by atoms with Crippen molar-refractivity contribution in [2.24, 2.45) is 0 Å². The number of para-hydroxylation sites is 4. The third-order valence-electron chi connectivity index (χ3n) is 22.2. The van der Waals surface area contributed by atoms with Gasteiger partial charge in [-0.3, -0.25) is 0 Å². The molecule has 0 aliphatic heterocycles. The fraction of sp³-hybridized carbons (Fsp3) is 0. The molecule has 4 nitrogen and oxygen atoms in total. The first-order valence-electron chi connectivity index (χ1n) is 37.2. The Kier molecular flexibility index (Phi) is 14.9. The molecule has 4 aromatic heterocycles. The molecule has 0 fully saturated rings. The highest BCUT2D eigenvalue weighted by molar-refractivity contribution is 6.15. The predicted molar refractivity (Wildman–Crippen MR) is 458 cm³/mol. The summed E-state index contributed by atoms with van der Waals surface area (Å²) in [6, 6.07) is 150. The van der Waals surface area contributed by atoms with E-state index in [1.54, 1.807) is 0 Å². The Morgan fingerprint density at radius 1 is 0.120 bits per heavy atom. The minimum atomic E-state index is 1.15. The van der Waals surface area contributed by atoms with Gasteiger partial charge < -0.3 is 18.3 Å². The van der Waals surface area contributed by atoms with Crippen molar-refractivity contribution in [3.8, 4) is 89.5 Å². The molecule has 0 aliphatic carbocycles. The van der Waals surface area contributed by atoms with Crippen LogP contribution >= 0.6 is 0 Å². The molecule has 0 saturated heterocycles. The van der Waals surface area contributed by atoms with Crippen LogP contribution in [-0.2, 0) is 0 Å². The first kappa shape index (κ1) is 62.3. The van der Waals surface area contributed by atoms with Gasteiger partial charge in [-0.05, 0) is 216 Å². The van der Waals surface area contributed by atoms with Crippen LogP contribution in [0.4, 0.5) is 0 Å². The molecule has 0 amide bonds. The fourth-order valence-electron chi connectivity index (χ4n) is 17.1. The van der Waals surface area contributed by atoms with Crippen LogP contribution in [0.25, 0.3) is 198 Å². The van der Waals surface area contributed by atoms with E-state index >= 15 is 0 Å². The van der Waals surface area contributed by atoms with Gasteiger partial charge in [0.15, 0.2) is 0 Å². The topological polar surface area (TPSA) is 19.7 Å². The highest BCUT2D eigenvalue weighted by atomic mass is 15.0. The highest BCUT2D eigenvalue weighted by Gasteiger charge is 2.21. The number of fused-ring (bicyclic) bond motifs is 14. The molecule has 0 atom stereocenters. The summed E-state index contributed by atoms with van der Waals surface area (Å²) < 4.78 is 9.62. The Bertz CT molecular complexity index is 7270. The van der Waals surface area contributed by atoms with Crippen LogP contribution in [-0.4, -0.2) is 18.3 Å². The Morgan fingerprint density at radius 2 is 0.370 bits per heavy atom. The van der Waals surface area contributed by atoms with Gasteiger partial charge in [-0.2, -0.15) is 0 Å². The van der Waals surface area contributed by atoms with Gasteiger partial charge >= 0.3 is 0 Å². The van der Waals surface area contributed by atoms with Crippen molar-refractivity contribution in [3.63, 3.8) is 0 Å². The van der Waals surface area contributed by atoms with Gasteiger partial charge in [0.2, 0.25) is 0 Å². The molecule has 0 saturated carbocycles. The van der Waals surface area contributed by atoms with E-state index in [9.17, 15) is 0 Å². The molecule has 0 N–H and O–H groups in total. The Balaban J connectivity index is 0.000000138. The molecule has 4 heteroatoms. The molecule has 0 spiro atoms. The zero-order valence-electron chi connectivity index (χ0n) is 59.0. The average Bonchev–Trinajstić information content (AvgIpc) is 1.59. The van der Waals surface area contributed by atoms with Crippen molar-refractivity contribution in [2.45, 2.75) is 0 Å². The first-order chi connectivity index (χ1) is 53.5. The molecular formula is C104H68N4. The molecule has 0 unspecified atom stereocenters. The lowest BCUT2D eigenvalue weighted by molar-refractivity contribution is 1.18. The molecule has 0 radical (unpaired) electrons. The SMILES string of the molecule is c1ccc(-c2cccc(-c3ccc(-n4c5ccccc5c5cc(-c6ccc7c(c6)c6ccccc6n7-c6ccc7ccccc7c6)ccc54)cc3)c2)cc1.c1ccc(-c2ccccc2-c2ccc(-n3c4ccccc4c4cc(-c5ccc6c(c5)c5ccccc5n6-c5ccc6ccccc6c5)ccc43)cc2)cc1. The summed E-state index contributed by atoms with van der Waals surface area (Å²) >= 11 is 0. The standard InChI is InChI=1S/2C52H34N2/c1-2-11-35(12-3-1)38-15-10-16-39(31-38)37-21-26-43(27-22-37)53-49-19-8-6-17-45(49)47-33-41(24-29-51(47)53)42-25-30-52-48(34-42)46-18-7-9-20-50(46)54(52)44-28-23-36-13-4-5-14-40(36)32-44;1-2-13-36(14-3-1)43-16-6-7-17-44(43)37-23-27-41(28-24-37)53-49-20-10-8-18-45(49)47-33-39(25-30-51(47)53)40-26-31-52-48(34-40)46-19-9-11-21-50(46)54(52)42-29-22-35-12-4-5-15-38(35)32-42/h2*1-34H. The van der Waals surface area contributed by atoms with E-state index in [1.807, 2.05) is 0 Å². The normalized spacial score (nSPS) is 11.7. The Hall–Kier alpha value is -14.3. The van der Waals surface area contributed by atoms with Gasteiger partial charge in [-0.25, -0.2) is 0 Å². The second-order valence-corrected chi connectivity index (χ2v) is 28.4. The summed E-state index contributed by atoms with van der Waals surface area (Å²) in [5.74, 6) is 0. The van der Waals surface area contributed by atoms with Gasteiger partial charge in [0.1, 0.15) is 0 Å². The largest absolute Gasteiger partial charge is 0.309 e. The Labute approximate surface area is 625 Å². The summed E-state index contributed by atoms with van der Waals surface area (Å²) in [5, 5.41) is 15.0. The molecule has 22 rings (SSSR count). The van der Waals surface area contributed by atoms with E-state index in [-0.39, 0.29) is 0 Å². The molecule has 4 heterocycles. The first-order valence-corrected chi connectivity index (χ1v) is 37.2. The third-order valence-corrected chi connectivity index (χ3v) is 22.2. The fourth-order valence-corrected chi connectivity index (χ4v) is 17.1. The van der Waals surface area contributed by atoms with E-state index < -0.39 is 0 Å². The van der Waals surface area contributed by atoms with Gasteiger partial charge in [0.25, 0.3) is 0 Å². The molecule has 504 valence electrons. The smallest absolute Gasteiger partial charge is 0.0541 e. The van der Waals surface area contributed by atoms with Crippen molar-refractivity contribution >= 4 is 109 Å². The van der Waals surface area contributed by atoms with Crippen LogP contribution in [0.3, 0.4) is 0 Å². The van der Waals surface area contributed by atoms with Crippen LogP contribution in [0.2, 0.25) is 0 Å². The summed E-state index contributed by atoms with van der Waals surface area (Å²) in [7, 11) is 0. The van der Waals surface area contributed by atoms with Crippen molar-refractivity contribution in [1.29, 1.82) is 0 Å². The minimum absolute atomic E-state index is 1.15. The van der Waals surface area contributed by atoms with Crippen molar-refractivity contribution in [1.82, 2.24) is 18.3 Å². The maximum absolute atomic E-state index is 2.41. The lowest BCUT2D eigenvalue weighted by Crippen LogP contribution is -1.94. The second kappa shape index (κ2) is 25.8. The molecule has 18 aromatic carbocycles. The number of hydrogen-bond donors (Lipinski definition) is 0. The molecular weight excluding hydrogens is 1310 g/mol. The van der Waals surface area contributed by atoms with Crippen molar-refractivity contribution < 1.29 is 0 Å². The van der Waals surface area contributed by atoms with Crippen LogP contribution in [0.1, 0.15) is 0 Å². The van der Waals surface area contributed by atoms with Crippen LogP contribution in [0.5, 0.6) is 0 Å². The molecule has 0 aliphatic rings. The van der Waals surface area contributed by atoms with E-state index in [2.05, 4.69) is 431 Å². The monoisotopic (exact) mass is 1370 g/mol. The van der Waals surface area contributed by atoms with Crippen LogP contribution < -0.4 is 0 Å². The van der Waals surface area contributed by atoms with E-state index in [0.717, 1.165) is 11.4 Å². The van der Waals surface area contributed by atoms with Crippen molar-refractivity contribution in [2.75, 3.05) is 0 Å². The zero-order chi connectivity index (χ0) is 71.2. The third kappa shape index (κ3) is 10.6. The summed E-state index contributed by atoms with van der Waals surface area (Å²) in [4.78, 5) is 0. The highest BCUT2D eigenvalue weighted by Crippen LogP contribution is 2.43. The summed E-state index contributed by atoms with van der Waals surface area (Å²) in [6.45, 7) is 0. The van der Waals surface area contributed by atoms with Gasteiger partial charge in [-0.1, -0.05) is 285 Å². The zero-order valence-corrected chi connectivity index (χ0v) is 59.0. The maximum Gasteiger partial charge on any atom is 0.0541 e. The Morgan fingerprint density at radius 3 is 0.759 bits per heavy atom. The van der Waals surface area contributed by atoms with Gasteiger partial charge in [0.05, 0.1) is 44.1 Å². The summed E-state index contributed by atoms with van der Waals surface area (Å²) in [5.41, 5.74) is 29.0. The lowest BCUT2D eigenvalue weighted by Gasteiger charge is -2.12. The average molecular weight is 1370 g/mol. The van der Waals surface area contributed by atoms with Gasteiger partial charge in [0, 0.05) is 65.8 Å². The molecule has 0 bridgehead atoms. The lowest BCUT2D eigenvalue weighted by atomic mass is 9.94. The molecule has 108 heavy (non-hydrogen) atoms. The van der Waals surface area contributed by atoms with E-state index in [1.165, 1.54) is 187 Å². The van der Waals surface area contributed by atoms with E-state index in [4.69, 9.17) is 0 Å². The van der Waals surface area contributed by atoms with Crippen LogP contribution in [0.15, 0.2) is 413 Å². The number of hydrogen-bond acceptors (Lipinski definition) is 0. The minimum Gasteiger partial charge on any atom is -0.309 e. The quantitative estimate of drug-likeness (QED) is 0.130. The maximum atomic E-state index is 2.41. The summed E-state index contributed by atoms with van der Waals surface area (Å²) in [6.07, 6.45) is 0.